The topological polar surface area (TPSA) is 6.48 Å². The zero-order chi connectivity index (χ0) is 20.6. The quantitative estimate of drug-likeness (QED) is 0.432. The molecule has 2 nitrogen and oxygen atoms in total. The first-order valence-corrected chi connectivity index (χ1v) is 23.8. The van der Waals surface area contributed by atoms with Crippen molar-refractivity contribution in [2.75, 3.05) is 0 Å². The van der Waals surface area contributed by atoms with Crippen LogP contribution in [0.1, 0.15) is 11.1 Å². The Balaban J connectivity index is 3.11. The normalized spacial score (nSPS) is 14.4. The summed E-state index contributed by atoms with van der Waals surface area (Å²) in [6.45, 7) is 32.2. The van der Waals surface area contributed by atoms with Crippen molar-refractivity contribution in [1.29, 1.82) is 0 Å². The minimum atomic E-state index is -1.32. The van der Waals surface area contributed by atoms with Crippen LogP contribution in [0.15, 0.2) is 24.3 Å². The maximum Gasteiger partial charge on any atom is 0.112 e. The number of rotatable bonds is 8. The summed E-state index contributed by atoms with van der Waals surface area (Å²) in [5.74, 6) is 0. The van der Waals surface area contributed by atoms with E-state index in [-0.39, 0.29) is 0 Å². The molecule has 0 aliphatic rings. The summed E-state index contributed by atoms with van der Waals surface area (Å²) in [4.78, 5) is 0. The summed E-state index contributed by atoms with van der Waals surface area (Å²) < 4.78 is 5.77. The molecule has 0 radical (unpaired) electrons. The van der Waals surface area contributed by atoms with Crippen molar-refractivity contribution in [2.45, 2.75) is 91.7 Å². The molecule has 0 aliphatic carbocycles. The van der Waals surface area contributed by atoms with Crippen LogP contribution in [0.25, 0.3) is 0 Å². The molecule has 150 valence electrons. The zero-order valence-corrected chi connectivity index (χ0v) is 23.6. The van der Waals surface area contributed by atoms with Crippen LogP contribution < -0.4 is 0 Å². The maximum absolute atomic E-state index is 2.88. The average Bonchev–Trinajstić information content (AvgIpc) is 2.37. The van der Waals surface area contributed by atoms with Crippen LogP contribution in [0.3, 0.4) is 0 Å². The van der Waals surface area contributed by atoms with Gasteiger partial charge in [0.15, 0.2) is 0 Å². The highest BCUT2D eigenvalue weighted by molar-refractivity contribution is 6.90. The zero-order valence-electron chi connectivity index (χ0n) is 19.6. The molecule has 0 unspecified atom stereocenters. The fourth-order valence-electron chi connectivity index (χ4n) is 4.15. The Labute approximate surface area is 168 Å². The van der Waals surface area contributed by atoms with Gasteiger partial charge in [-0.25, -0.2) is 0 Å². The molecule has 0 heterocycles. The molecule has 1 aromatic rings. The van der Waals surface area contributed by atoms with Crippen LogP contribution in [0, 0.1) is 0 Å². The van der Waals surface area contributed by atoms with E-state index in [1.807, 2.05) is 0 Å². The third-order valence-corrected chi connectivity index (χ3v) is 20.1. The van der Waals surface area contributed by atoms with Gasteiger partial charge in [-0.3, -0.25) is 0 Å². The van der Waals surface area contributed by atoms with E-state index in [0.29, 0.717) is 0 Å². The van der Waals surface area contributed by atoms with Crippen molar-refractivity contribution < 1.29 is 0 Å². The van der Waals surface area contributed by atoms with Crippen molar-refractivity contribution in [3.63, 3.8) is 0 Å². The van der Waals surface area contributed by atoms with Gasteiger partial charge in [0.2, 0.25) is 0 Å². The maximum atomic E-state index is 2.88. The van der Waals surface area contributed by atoms with Crippen molar-refractivity contribution in [3.05, 3.63) is 35.4 Å². The number of benzene rings is 1. The summed E-state index contributed by atoms with van der Waals surface area (Å²) >= 11 is 0. The van der Waals surface area contributed by atoms with Gasteiger partial charge < -0.3 is 8.46 Å². The van der Waals surface area contributed by atoms with Gasteiger partial charge in [0, 0.05) is 13.1 Å². The molecule has 6 heteroatoms. The van der Waals surface area contributed by atoms with Crippen LogP contribution in [-0.4, -0.2) is 41.4 Å². The highest BCUT2D eigenvalue weighted by Crippen LogP contribution is 2.25. The monoisotopic (exact) mass is 424 g/mol. The van der Waals surface area contributed by atoms with Gasteiger partial charge in [-0.1, -0.05) is 103 Å². The first-order valence-electron chi connectivity index (χ1n) is 10.1. The van der Waals surface area contributed by atoms with Gasteiger partial charge in [-0.2, -0.15) is 0 Å². The molecule has 0 N–H and O–H groups in total. The van der Waals surface area contributed by atoms with E-state index < -0.39 is 32.9 Å². The molecule has 0 fully saturated rings. The van der Waals surface area contributed by atoms with E-state index in [2.05, 4.69) is 111 Å². The predicted octanol–water partition coefficient (Wildman–Crippen LogP) is 6.63. The second kappa shape index (κ2) is 8.17. The van der Waals surface area contributed by atoms with Crippen molar-refractivity contribution >= 4 is 32.9 Å². The molecule has 0 saturated heterocycles. The van der Waals surface area contributed by atoms with Crippen molar-refractivity contribution in [2.24, 2.45) is 0 Å². The summed E-state index contributed by atoms with van der Waals surface area (Å²) in [6.07, 6.45) is 0. The molecule has 1 rings (SSSR count). The molecule has 26 heavy (non-hydrogen) atoms. The van der Waals surface area contributed by atoms with Crippen LogP contribution in [0.5, 0.6) is 0 Å². The van der Waals surface area contributed by atoms with E-state index >= 15 is 0 Å². The minimum Gasteiger partial charge on any atom is -0.342 e. The lowest BCUT2D eigenvalue weighted by molar-refractivity contribution is 0.600. The van der Waals surface area contributed by atoms with Gasteiger partial charge in [-0.05, 0) is 11.1 Å². The Kier molecular flexibility index (Phi) is 7.55. The van der Waals surface area contributed by atoms with Gasteiger partial charge >= 0.3 is 0 Å². The lowest BCUT2D eigenvalue weighted by atomic mass is 10.1. The molecule has 0 aromatic heterocycles. The molecule has 1 aromatic carbocycles. The SMILES string of the molecule is C[Si](C)(C)N(Cc1cccc(CN([Si](C)(C)C)[Si](C)(C)C)c1)[Si](C)(C)C. The Morgan fingerprint density at radius 2 is 0.808 bits per heavy atom. The summed E-state index contributed by atoms with van der Waals surface area (Å²) in [5.41, 5.74) is 3.00. The number of hydrogen-bond acceptors (Lipinski definition) is 2. The van der Waals surface area contributed by atoms with E-state index in [1.54, 1.807) is 0 Å². The Bertz CT molecular complexity index is 512. The van der Waals surface area contributed by atoms with Crippen molar-refractivity contribution in [3.8, 4) is 0 Å². The summed E-state index contributed by atoms with van der Waals surface area (Å²) in [6, 6.07) is 9.44. The van der Waals surface area contributed by atoms with Gasteiger partial charge in [0.1, 0.15) is 32.9 Å². The van der Waals surface area contributed by atoms with E-state index in [9.17, 15) is 0 Å². The second-order valence-electron chi connectivity index (χ2n) is 11.7. The Hall–Kier alpha value is 0.00753. The first-order chi connectivity index (χ1) is 11.4. The van der Waals surface area contributed by atoms with E-state index in [4.69, 9.17) is 0 Å². The van der Waals surface area contributed by atoms with E-state index in [0.717, 1.165) is 13.1 Å². The molecular formula is C20H44N2Si4. The summed E-state index contributed by atoms with van der Waals surface area (Å²) in [5, 5.41) is 0. The molecule has 0 aliphatic heterocycles. The van der Waals surface area contributed by atoms with Gasteiger partial charge in [-0.15, -0.1) is 0 Å². The third kappa shape index (κ3) is 7.20. The molecule has 0 spiro atoms. The second-order valence-corrected chi connectivity index (χ2v) is 32.1. The fraction of sp³-hybridized carbons (Fsp3) is 0.700. The molecule has 0 amide bonds. The van der Waals surface area contributed by atoms with E-state index in [1.165, 1.54) is 11.1 Å². The first kappa shape index (κ1) is 24.0. The van der Waals surface area contributed by atoms with Gasteiger partial charge in [0.05, 0.1) is 0 Å². The Morgan fingerprint density at radius 3 is 1.04 bits per heavy atom. The number of hydrogen-bond donors (Lipinski definition) is 0. The largest absolute Gasteiger partial charge is 0.342 e. The van der Waals surface area contributed by atoms with Crippen LogP contribution >= 0.6 is 0 Å². The minimum absolute atomic E-state index is 1.12. The number of nitrogens with zero attached hydrogens (tertiary/aromatic N) is 2. The smallest absolute Gasteiger partial charge is 0.112 e. The van der Waals surface area contributed by atoms with Crippen LogP contribution in [0.4, 0.5) is 0 Å². The molecule has 0 bridgehead atoms. The average molecular weight is 425 g/mol. The third-order valence-electron chi connectivity index (χ3n) is 4.91. The van der Waals surface area contributed by atoms with Crippen LogP contribution in [-0.2, 0) is 13.1 Å². The fourth-order valence-corrected chi connectivity index (χ4v) is 22.9. The lowest BCUT2D eigenvalue weighted by Gasteiger charge is -2.44. The molecule has 0 atom stereocenters. The summed E-state index contributed by atoms with van der Waals surface area (Å²) in [7, 11) is -5.26. The highest BCUT2D eigenvalue weighted by atomic mass is 28.4. The van der Waals surface area contributed by atoms with Crippen molar-refractivity contribution in [1.82, 2.24) is 8.46 Å². The molecule has 0 saturated carbocycles. The Morgan fingerprint density at radius 1 is 0.538 bits per heavy atom. The van der Waals surface area contributed by atoms with Crippen LogP contribution in [0.2, 0.25) is 78.6 Å². The standard InChI is InChI=1S/C20H44N2Si4/c1-23(2,3)21(24(4,5)6)17-19-14-13-15-20(16-19)18-22(25(7,8)9)26(10,11)12/h13-16H,17-18H2,1-12H3. The highest BCUT2D eigenvalue weighted by Gasteiger charge is 2.35. The lowest BCUT2D eigenvalue weighted by Crippen LogP contribution is -2.58. The molecular weight excluding hydrogens is 381 g/mol. The van der Waals surface area contributed by atoms with Gasteiger partial charge in [0.25, 0.3) is 0 Å². The predicted molar refractivity (Wildman–Crippen MR) is 131 cm³/mol.